The quantitative estimate of drug-likeness (QED) is 0.400. The highest BCUT2D eigenvalue weighted by atomic mass is 19.4. The number of hydrogen-bond acceptors (Lipinski definition) is 5. The summed E-state index contributed by atoms with van der Waals surface area (Å²) in [5, 5.41) is 17.2. The Balaban J connectivity index is 1.69. The Kier molecular flexibility index (Phi) is 6.20. The van der Waals surface area contributed by atoms with Crippen molar-refractivity contribution in [2.45, 2.75) is 19.1 Å². The molecular formula is C23H20F3N5O3. The van der Waals surface area contributed by atoms with Crippen LogP contribution in [0.4, 0.5) is 13.2 Å². The SMILES string of the molecule is CC(c1cccc(C(=O)NCCO)c1)n1cnc2cc(-c3cn[nH]c3C(F)(F)F)ccc2c1=O. The van der Waals surface area contributed by atoms with Crippen molar-refractivity contribution in [1.29, 1.82) is 0 Å². The summed E-state index contributed by atoms with van der Waals surface area (Å²) in [5.74, 6) is -0.350. The van der Waals surface area contributed by atoms with Crippen LogP contribution in [0.2, 0.25) is 0 Å². The van der Waals surface area contributed by atoms with Gasteiger partial charge in [-0.1, -0.05) is 18.2 Å². The zero-order valence-corrected chi connectivity index (χ0v) is 17.9. The molecule has 0 saturated carbocycles. The number of aromatic nitrogens is 4. The van der Waals surface area contributed by atoms with Crippen molar-refractivity contribution < 1.29 is 23.1 Å². The van der Waals surface area contributed by atoms with Crippen LogP contribution in [0.25, 0.3) is 22.0 Å². The average molecular weight is 471 g/mol. The Labute approximate surface area is 191 Å². The molecule has 8 nitrogen and oxygen atoms in total. The van der Waals surface area contributed by atoms with E-state index in [4.69, 9.17) is 5.11 Å². The van der Waals surface area contributed by atoms with Crippen LogP contribution < -0.4 is 10.9 Å². The van der Waals surface area contributed by atoms with E-state index < -0.39 is 17.9 Å². The van der Waals surface area contributed by atoms with Crippen LogP contribution in [0.5, 0.6) is 0 Å². The number of rotatable bonds is 6. The summed E-state index contributed by atoms with van der Waals surface area (Å²) >= 11 is 0. The maximum atomic E-state index is 13.2. The van der Waals surface area contributed by atoms with E-state index in [1.807, 2.05) is 5.10 Å². The van der Waals surface area contributed by atoms with Crippen molar-refractivity contribution in [3.8, 4) is 11.1 Å². The third kappa shape index (κ3) is 4.42. The first-order chi connectivity index (χ1) is 16.2. The Morgan fingerprint density at radius 3 is 2.76 bits per heavy atom. The lowest BCUT2D eigenvalue weighted by molar-refractivity contribution is -0.140. The predicted octanol–water partition coefficient (Wildman–Crippen LogP) is 3.14. The number of fused-ring (bicyclic) bond motifs is 1. The highest BCUT2D eigenvalue weighted by molar-refractivity contribution is 5.94. The molecule has 2 heterocycles. The maximum absolute atomic E-state index is 13.2. The molecule has 0 radical (unpaired) electrons. The molecule has 0 fully saturated rings. The summed E-state index contributed by atoms with van der Waals surface area (Å²) in [6.07, 6.45) is -2.19. The van der Waals surface area contributed by atoms with Crippen LogP contribution in [0.1, 0.15) is 34.6 Å². The molecule has 0 spiro atoms. The highest BCUT2D eigenvalue weighted by Crippen LogP contribution is 2.35. The van der Waals surface area contributed by atoms with E-state index >= 15 is 0 Å². The molecule has 0 bridgehead atoms. The van der Waals surface area contributed by atoms with Crippen LogP contribution in [0.15, 0.2) is 59.8 Å². The predicted molar refractivity (Wildman–Crippen MR) is 118 cm³/mol. The fraction of sp³-hybridized carbons (Fsp3) is 0.217. The Morgan fingerprint density at radius 1 is 1.24 bits per heavy atom. The molecule has 2 aromatic carbocycles. The molecule has 4 rings (SSSR count). The van der Waals surface area contributed by atoms with Gasteiger partial charge in [-0.15, -0.1) is 0 Å². The lowest BCUT2D eigenvalue weighted by Crippen LogP contribution is -2.27. The summed E-state index contributed by atoms with van der Waals surface area (Å²) < 4.78 is 41.0. The lowest BCUT2D eigenvalue weighted by atomic mass is 10.0. The summed E-state index contributed by atoms with van der Waals surface area (Å²) in [4.78, 5) is 29.6. The third-order valence-electron chi connectivity index (χ3n) is 5.46. The van der Waals surface area contributed by atoms with Gasteiger partial charge in [-0.25, -0.2) is 4.98 Å². The van der Waals surface area contributed by atoms with Crippen molar-refractivity contribution >= 4 is 16.8 Å². The van der Waals surface area contributed by atoms with Gasteiger partial charge in [0.25, 0.3) is 11.5 Å². The summed E-state index contributed by atoms with van der Waals surface area (Å²) in [6.45, 7) is 1.72. The first-order valence-electron chi connectivity index (χ1n) is 10.3. The second-order valence-corrected chi connectivity index (χ2v) is 7.63. The number of nitrogens with one attached hydrogen (secondary N) is 2. The molecule has 11 heteroatoms. The van der Waals surface area contributed by atoms with E-state index in [2.05, 4.69) is 15.4 Å². The number of aromatic amines is 1. The second kappa shape index (κ2) is 9.10. The van der Waals surface area contributed by atoms with Gasteiger partial charge >= 0.3 is 6.18 Å². The number of amides is 1. The second-order valence-electron chi connectivity index (χ2n) is 7.63. The zero-order valence-electron chi connectivity index (χ0n) is 17.9. The van der Waals surface area contributed by atoms with E-state index in [0.717, 1.165) is 6.20 Å². The molecule has 1 atom stereocenters. The zero-order chi connectivity index (χ0) is 24.5. The van der Waals surface area contributed by atoms with Crippen LogP contribution in [0.3, 0.4) is 0 Å². The van der Waals surface area contributed by atoms with Gasteiger partial charge in [0.05, 0.1) is 36.1 Å². The fourth-order valence-corrected chi connectivity index (χ4v) is 3.67. The number of aliphatic hydroxyl groups is 1. The van der Waals surface area contributed by atoms with Crippen LogP contribution in [0, 0.1) is 0 Å². The van der Waals surface area contributed by atoms with Crippen LogP contribution in [-0.2, 0) is 6.18 Å². The van der Waals surface area contributed by atoms with Gasteiger partial charge in [-0.05, 0) is 42.3 Å². The maximum Gasteiger partial charge on any atom is 0.433 e. The first-order valence-corrected chi connectivity index (χ1v) is 10.3. The molecule has 0 aliphatic rings. The minimum Gasteiger partial charge on any atom is -0.395 e. The number of halogens is 3. The number of carbonyl (C=O) groups is 1. The number of hydrogen-bond donors (Lipinski definition) is 3. The van der Waals surface area contributed by atoms with Gasteiger partial charge in [-0.3, -0.25) is 19.3 Å². The molecule has 4 aromatic rings. The summed E-state index contributed by atoms with van der Waals surface area (Å²) in [7, 11) is 0. The number of carbonyl (C=O) groups excluding carboxylic acids is 1. The summed E-state index contributed by atoms with van der Waals surface area (Å²) in [6, 6.07) is 10.5. The Morgan fingerprint density at radius 2 is 2.03 bits per heavy atom. The lowest BCUT2D eigenvalue weighted by Gasteiger charge is -2.17. The minimum absolute atomic E-state index is 0.123. The monoisotopic (exact) mass is 471 g/mol. The van der Waals surface area contributed by atoms with Crippen molar-refractivity contribution in [3.63, 3.8) is 0 Å². The van der Waals surface area contributed by atoms with Gasteiger partial charge < -0.3 is 10.4 Å². The van der Waals surface area contributed by atoms with Gasteiger partial charge in [-0.2, -0.15) is 18.3 Å². The number of alkyl halides is 3. The molecule has 0 saturated heterocycles. The van der Waals surface area contributed by atoms with E-state index in [0.29, 0.717) is 11.1 Å². The molecule has 1 unspecified atom stereocenters. The largest absolute Gasteiger partial charge is 0.433 e. The van der Waals surface area contributed by atoms with E-state index in [-0.39, 0.29) is 46.6 Å². The van der Waals surface area contributed by atoms with Crippen LogP contribution >= 0.6 is 0 Å². The minimum atomic E-state index is -4.60. The van der Waals surface area contributed by atoms with Crippen molar-refractivity contribution in [3.05, 3.63) is 82.2 Å². The topological polar surface area (TPSA) is 113 Å². The standard InChI is InChI=1S/C23H20F3N5O3/c1-13(14-3-2-4-16(9-14)21(33)27-7-8-32)31-12-28-19-10-15(5-6-17(19)22(31)34)18-11-29-30-20(18)23(24,25)26/h2-6,9-13,32H,7-8H2,1H3,(H,27,33)(H,29,30). The number of benzene rings is 2. The van der Waals surface area contributed by atoms with E-state index in [1.165, 1.54) is 29.1 Å². The van der Waals surface area contributed by atoms with Crippen molar-refractivity contribution in [2.75, 3.05) is 13.2 Å². The van der Waals surface area contributed by atoms with Gasteiger partial charge in [0.15, 0.2) is 0 Å². The molecule has 0 aliphatic carbocycles. The Hall–Kier alpha value is -3.99. The molecule has 34 heavy (non-hydrogen) atoms. The highest BCUT2D eigenvalue weighted by Gasteiger charge is 2.36. The molecular weight excluding hydrogens is 451 g/mol. The average Bonchev–Trinajstić information content (AvgIpc) is 3.33. The number of H-pyrrole nitrogens is 1. The van der Waals surface area contributed by atoms with E-state index in [1.54, 1.807) is 31.2 Å². The van der Waals surface area contributed by atoms with Crippen molar-refractivity contribution in [2.24, 2.45) is 0 Å². The van der Waals surface area contributed by atoms with Gasteiger partial charge in [0.1, 0.15) is 5.69 Å². The number of nitrogens with zero attached hydrogens (tertiary/aromatic N) is 3. The number of aliphatic hydroxyl groups excluding tert-OH is 1. The molecule has 0 aliphatic heterocycles. The van der Waals surface area contributed by atoms with Gasteiger partial charge in [0, 0.05) is 17.7 Å². The molecule has 3 N–H and O–H groups in total. The molecule has 1 amide bonds. The van der Waals surface area contributed by atoms with Crippen LogP contribution in [-0.4, -0.2) is 43.9 Å². The smallest absolute Gasteiger partial charge is 0.395 e. The molecule has 176 valence electrons. The van der Waals surface area contributed by atoms with E-state index in [9.17, 15) is 22.8 Å². The Bertz CT molecular complexity index is 1410. The van der Waals surface area contributed by atoms with Gasteiger partial charge in [0.2, 0.25) is 0 Å². The fourth-order valence-electron chi connectivity index (χ4n) is 3.67. The molecule has 2 aromatic heterocycles. The summed E-state index contributed by atoms with van der Waals surface area (Å²) in [5.41, 5.74) is 0.0593. The first kappa shape index (κ1) is 23.2. The van der Waals surface area contributed by atoms with Crippen molar-refractivity contribution in [1.82, 2.24) is 25.1 Å². The normalized spacial score (nSPS) is 12.6. The third-order valence-corrected chi connectivity index (χ3v) is 5.46.